The van der Waals surface area contributed by atoms with Crippen LogP contribution >= 0.6 is 0 Å². The predicted octanol–water partition coefficient (Wildman–Crippen LogP) is 2.35. The highest BCUT2D eigenvalue weighted by molar-refractivity contribution is 5.30. The summed E-state index contributed by atoms with van der Waals surface area (Å²) in [6, 6.07) is 3.38. The Balaban J connectivity index is 2.31. The molecule has 1 saturated heterocycles. The van der Waals surface area contributed by atoms with Gasteiger partial charge in [-0.15, -0.1) is 0 Å². The van der Waals surface area contributed by atoms with Gasteiger partial charge in [-0.3, -0.25) is 4.90 Å². The number of nitrogens with one attached hydrogen (secondary N) is 1. The van der Waals surface area contributed by atoms with Crippen molar-refractivity contribution in [1.82, 2.24) is 10.2 Å². The quantitative estimate of drug-likeness (QED) is 0.895. The molecule has 0 aliphatic carbocycles. The number of piperazine rings is 1. The molecule has 1 N–H and O–H groups in total. The van der Waals surface area contributed by atoms with Gasteiger partial charge >= 0.3 is 0 Å². The van der Waals surface area contributed by atoms with Crippen LogP contribution in [0.15, 0.2) is 18.2 Å². The summed E-state index contributed by atoms with van der Waals surface area (Å²) in [7, 11) is 0. The normalized spacial score (nSPS) is 19.2. The van der Waals surface area contributed by atoms with Crippen LogP contribution < -0.4 is 5.32 Å². The van der Waals surface area contributed by atoms with Gasteiger partial charge in [-0.1, -0.05) is 12.1 Å². The predicted molar refractivity (Wildman–Crippen MR) is 64.3 cm³/mol. The Morgan fingerprint density at radius 3 is 2.50 bits per heavy atom. The van der Waals surface area contributed by atoms with E-state index in [2.05, 4.69) is 5.32 Å². The number of rotatable bonds is 3. The van der Waals surface area contributed by atoms with E-state index in [1.807, 2.05) is 0 Å². The zero-order valence-corrected chi connectivity index (χ0v) is 10.3. The molecule has 1 aromatic rings. The fraction of sp³-hybridized carbons (Fsp3) is 0.538. The van der Waals surface area contributed by atoms with Crippen molar-refractivity contribution >= 4 is 0 Å². The van der Waals surface area contributed by atoms with Crippen molar-refractivity contribution in [2.45, 2.75) is 19.4 Å². The average Bonchev–Trinajstić information content (AvgIpc) is 2.36. The molecule has 2 rings (SSSR count). The van der Waals surface area contributed by atoms with Gasteiger partial charge in [0.2, 0.25) is 0 Å². The van der Waals surface area contributed by atoms with E-state index in [1.54, 1.807) is 17.9 Å². The minimum absolute atomic E-state index is 0.321. The number of hydrogen-bond donors (Lipinski definition) is 1. The van der Waals surface area contributed by atoms with Gasteiger partial charge in [-0.05, 0) is 24.1 Å². The maximum atomic E-state index is 13.5. The zero-order valence-electron chi connectivity index (χ0n) is 10.3. The molecule has 1 heterocycles. The Labute approximate surface area is 105 Å². The maximum absolute atomic E-state index is 13.5. The fourth-order valence-corrected chi connectivity index (χ4v) is 2.40. The lowest BCUT2D eigenvalue weighted by atomic mass is 9.99. The minimum Gasteiger partial charge on any atom is -0.314 e. The number of hydrogen-bond acceptors (Lipinski definition) is 2. The molecule has 0 unspecified atom stereocenters. The van der Waals surface area contributed by atoms with E-state index in [1.165, 1.54) is 12.1 Å². The molecule has 1 aliphatic rings. The van der Waals surface area contributed by atoms with Gasteiger partial charge in [-0.25, -0.2) is 13.2 Å². The Bertz CT molecular complexity index is 403. The molecule has 1 aromatic carbocycles. The summed E-state index contributed by atoms with van der Waals surface area (Å²) in [4.78, 5) is 1.73. The lowest BCUT2D eigenvalue weighted by Gasteiger charge is -2.35. The van der Waals surface area contributed by atoms with Gasteiger partial charge in [0.15, 0.2) is 0 Å². The van der Waals surface area contributed by atoms with Crippen LogP contribution in [0.1, 0.15) is 17.2 Å². The molecule has 1 aliphatic heterocycles. The van der Waals surface area contributed by atoms with Gasteiger partial charge in [0.1, 0.15) is 5.82 Å². The van der Waals surface area contributed by atoms with E-state index in [9.17, 15) is 13.2 Å². The Hall–Kier alpha value is -1.07. The number of benzene rings is 1. The third-order valence-electron chi connectivity index (χ3n) is 3.41. The average molecular weight is 258 g/mol. The summed E-state index contributed by atoms with van der Waals surface area (Å²) >= 11 is 0. The third kappa shape index (κ3) is 2.67. The molecule has 5 heteroatoms. The molecule has 1 fully saturated rings. The van der Waals surface area contributed by atoms with E-state index < -0.39 is 18.3 Å². The van der Waals surface area contributed by atoms with E-state index in [0.29, 0.717) is 37.3 Å². The van der Waals surface area contributed by atoms with Crippen LogP contribution in [-0.4, -0.2) is 37.5 Å². The molecular weight excluding hydrogens is 241 g/mol. The SMILES string of the molecule is Cc1c(F)cccc1[C@@H](C(F)F)N1CCNCC1. The van der Waals surface area contributed by atoms with Gasteiger partial charge in [0.05, 0.1) is 6.04 Å². The molecule has 0 radical (unpaired) electrons. The highest BCUT2D eigenvalue weighted by Gasteiger charge is 2.31. The Morgan fingerprint density at radius 1 is 1.22 bits per heavy atom. The van der Waals surface area contributed by atoms with Crippen molar-refractivity contribution in [2.75, 3.05) is 26.2 Å². The molecule has 0 saturated carbocycles. The molecular formula is C13H17F3N2. The summed E-state index contributed by atoms with van der Waals surface area (Å²) in [6.45, 7) is 4.06. The number of halogens is 3. The van der Waals surface area contributed by atoms with Crippen LogP contribution in [0.2, 0.25) is 0 Å². The first-order chi connectivity index (χ1) is 8.61. The summed E-state index contributed by atoms with van der Waals surface area (Å²) in [6.07, 6.45) is -2.51. The fourth-order valence-electron chi connectivity index (χ4n) is 2.40. The first-order valence-corrected chi connectivity index (χ1v) is 6.09. The van der Waals surface area contributed by atoms with Gasteiger partial charge in [0.25, 0.3) is 6.43 Å². The van der Waals surface area contributed by atoms with Gasteiger partial charge in [0, 0.05) is 26.2 Å². The summed E-state index contributed by atoms with van der Waals surface area (Å²) in [5.74, 6) is -0.423. The van der Waals surface area contributed by atoms with Crippen LogP contribution in [0, 0.1) is 12.7 Å². The van der Waals surface area contributed by atoms with Gasteiger partial charge in [-0.2, -0.15) is 0 Å². The molecule has 0 aromatic heterocycles. The van der Waals surface area contributed by atoms with Crippen molar-refractivity contribution in [1.29, 1.82) is 0 Å². The number of nitrogens with zero attached hydrogens (tertiary/aromatic N) is 1. The maximum Gasteiger partial charge on any atom is 0.258 e. The second kappa shape index (κ2) is 5.71. The van der Waals surface area contributed by atoms with Crippen molar-refractivity contribution in [2.24, 2.45) is 0 Å². The zero-order chi connectivity index (χ0) is 13.1. The molecule has 100 valence electrons. The highest BCUT2D eigenvalue weighted by atomic mass is 19.3. The molecule has 2 nitrogen and oxygen atoms in total. The summed E-state index contributed by atoms with van der Waals surface area (Å²) in [5, 5.41) is 3.13. The van der Waals surface area contributed by atoms with Crippen LogP contribution in [0.3, 0.4) is 0 Å². The monoisotopic (exact) mass is 258 g/mol. The minimum atomic E-state index is -2.51. The first kappa shape index (κ1) is 13.4. The first-order valence-electron chi connectivity index (χ1n) is 6.09. The van der Waals surface area contributed by atoms with Crippen LogP contribution in [-0.2, 0) is 0 Å². The lowest BCUT2D eigenvalue weighted by molar-refractivity contribution is 0.0177. The Kier molecular flexibility index (Phi) is 4.24. The van der Waals surface area contributed by atoms with Crippen molar-refractivity contribution in [3.63, 3.8) is 0 Å². The van der Waals surface area contributed by atoms with Crippen molar-refractivity contribution in [3.8, 4) is 0 Å². The van der Waals surface area contributed by atoms with Crippen LogP contribution in [0.25, 0.3) is 0 Å². The number of alkyl halides is 2. The largest absolute Gasteiger partial charge is 0.314 e. The van der Waals surface area contributed by atoms with Crippen molar-refractivity contribution in [3.05, 3.63) is 35.1 Å². The van der Waals surface area contributed by atoms with E-state index in [-0.39, 0.29) is 0 Å². The topological polar surface area (TPSA) is 15.3 Å². The van der Waals surface area contributed by atoms with Crippen LogP contribution in [0.5, 0.6) is 0 Å². The second-order valence-corrected chi connectivity index (χ2v) is 4.52. The molecule has 18 heavy (non-hydrogen) atoms. The van der Waals surface area contributed by atoms with E-state index in [0.717, 1.165) is 0 Å². The highest BCUT2D eigenvalue weighted by Crippen LogP contribution is 2.30. The second-order valence-electron chi connectivity index (χ2n) is 4.52. The lowest BCUT2D eigenvalue weighted by Crippen LogP contribution is -2.47. The smallest absolute Gasteiger partial charge is 0.258 e. The van der Waals surface area contributed by atoms with E-state index >= 15 is 0 Å². The van der Waals surface area contributed by atoms with Gasteiger partial charge < -0.3 is 5.32 Å². The Morgan fingerprint density at radius 2 is 1.89 bits per heavy atom. The molecule has 1 atom stereocenters. The third-order valence-corrected chi connectivity index (χ3v) is 3.41. The summed E-state index contributed by atoms with van der Waals surface area (Å²) < 4.78 is 40.1. The molecule has 0 spiro atoms. The molecule has 0 bridgehead atoms. The standard InChI is InChI=1S/C13H17F3N2/c1-9-10(3-2-4-11(9)14)12(13(15)16)18-7-5-17-6-8-18/h2-4,12-13,17H,5-8H2,1H3/t12-/m0/s1. The van der Waals surface area contributed by atoms with Crippen LogP contribution in [0.4, 0.5) is 13.2 Å². The van der Waals surface area contributed by atoms with E-state index in [4.69, 9.17) is 0 Å². The summed E-state index contributed by atoms with van der Waals surface area (Å²) in [5.41, 5.74) is 0.716. The molecule has 0 amide bonds. The van der Waals surface area contributed by atoms with Crippen molar-refractivity contribution < 1.29 is 13.2 Å².